The van der Waals surface area contributed by atoms with E-state index in [-0.39, 0.29) is 0 Å². The largest absolute Gasteiger partial charge is 0.309 e. The minimum atomic E-state index is 1.19. The SMILES string of the molecule is c1ccc(-c2ccc3c4c5ccccc5ccc4n(-c4ccccc4)c3c2)cc1. The van der Waals surface area contributed by atoms with Gasteiger partial charge in [0, 0.05) is 16.5 Å². The zero-order valence-corrected chi connectivity index (χ0v) is 15.9. The number of para-hydroxylation sites is 1. The molecule has 136 valence electrons. The van der Waals surface area contributed by atoms with Gasteiger partial charge in [-0.1, -0.05) is 91.0 Å². The number of benzene rings is 5. The summed E-state index contributed by atoms with van der Waals surface area (Å²) in [5.41, 5.74) is 6.15. The number of nitrogens with zero attached hydrogens (tertiary/aromatic N) is 1. The highest BCUT2D eigenvalue weighted by molar-refractivity contribution is 6.21. The van der Waals surface area contributed by atoms with Crippen LogP contribution in [-0.2, 0) is 0 Å². The lowest BCUT2D eigenvalue weighted by molar-refractivity contribution is 1.18. The van der Waals surface area contributed by atoms with Gasteiger partial charge in [-0.3, -0.25) is 0 Å². The number of aromatic nitrogens is 1. The van der Waals surface area contributed by atoms with Crippen LogP contribution >= 0.6 is 0 Å². The molecule has 0 radical (unpaired) electrons. The summed E-state index contributed by atoms with van der Waals surface area (Å²) in [6, 6.07) is 41.3. The highest BCUT2D eigenvalue weighted by atomic mass is 15.0. The van der Waals surface area contributed by atoms with E-state index >= 15 is 0 Å². The molecule has 6 aromatic rings. The average molecular weight is 369 g/mol. The Morgan fingerprint density at radius 1 is 0.448 bits per heavy atom. The molecule has 0 aliphatic heterocycles. The molecule has 0 aliphatic carbocycles. The summed E-state index contributed by atoms with van der Waals surface area (Å²) >= 11 is 0. The van der Waals surface area contributed by atoms with Gasteiger partial charge in [0.05, 0.1) is 11.0 Å². The summed E-state index contributed by atoms with van der Waals surface area (Å²) in [4.78, 5) is 0. The molecule has 1 nitrogen and oxygen atoms in total. The maximum absolute atomic E-state index is 2.39. The van der Waals surface area contributed by atoms with Crippen molar-refractivity contribution >= 4 is 32.6 Å². The summed E-state index contributed by atoms with van der Waals surface area (Å²) in [5.74, 6) is 0. The van der Waals surface area contributed by atoms with Gasteiger partial charge in [0.1, 0.15) is 0 Å². The lowest BCUT2D eigenvalue weighted by Gasteiger charge is -2.09. The van der Waals surface area contributed by atoms with Gasteiger partial charge >= 0.3 is 0 Å². The number of hydrogen-bond acceptors (Lipinski definition) is 0. The third-order valence-electron chi connectivity index (χ3n) is 5.78. The average Bonchev–Trinajstić information content (AvgIpc) is 3.14. The lowest BCUT2D eigenvalue weighted by atomic mass is 10.0. The quantitative estimate of drug-likeness (QED) is 0.296. The van der Waals surface area contributed by atoms with Gasteiger partial charge in [-0.2, -0.15) is 0 Å². The Bertz CT molecular complexity index is 1480. The van der Waals surface area contributed by atoms with Crippen molar-refractivity contribution in [2.75, 3.05) is 0 Å². The van der Waals surface area contributed by atoms with E-state index in [4.69, 9.17) is 0 Å². The Kier molecular flexibility index (Phi) is 3.54. The molecular weight excluding hydrogens is 350 g/mol. The summed E-state index contributed by atoms with van der Waals surface area (Å²) in [5, 5.41) is 5.19. The van der Waals surface area contributed by atoms with Crippen molar-refractivity contribution in [3.63, 3.8) is 0 Å². The second kappa shape index (κ2) is 6.35. The maximum Gasteiger partial charge on any atom is 0.0547 e. The summed E-state index contributed by atoms with van der Waals surface area (Å²) in [6.07, 6.45) is 0. The van der Waals surface area contributed by atoms with E-state index in [1.54, 1.807) is 0 Å². The summed E-state index contributed by atoms with van der Waals surface area (Å²) < 4.78 is 2.39. The highest BCUT2D eigenvalue weighted by Gasteiger charge is 2.15. The smallest absolute Gasteiger partial charge is 0.0547 e. The van der Waals surface area contributed by atoms with Crippen molar-refractivity contribution in [1.82, 2.24) is 4.57 Å². The summed E-state index contributed by atoms with van der Waals surface area (Å²) in [6.45, 7) is 0. The Labute approximate surface area is 169 Å². The van der Waals surface area contributed by atoms with Gasteiger partial charge in [-0.15, -0.1) is 0 Å². The van der Waals surface area contributed by atoms with Gasteiger partial charge < -0.3 is 4.57 Å². The van der Waals surface area contributed by atoms with Crippen molar-refractivity contribution in [1.29, 1.82) is 0 Å². The first-order chi connectivity index (χ1) is 14.4. The monoisotopic (exact) mass is 369 g/mol. The van der Waals surface area contributed by atoms with E-state index in [0.29, 0.717) is 0 Å². The fraction of sp³-hybridized carbons (Fsp3) is 0. The Balaban J connectivity index is 1.79. The third-order valence-corrected chi connectivity index (χ3v) is 5.78. The molecule has 5 aromatic carbocycles. The molecular formula is C28H19N. The van der Waals surface area contributed by atoms with Crippen LogP contribution in [0.2, 0.25) is 0 Å². The number of rotatable bonds is 2. The molecule has 0 amide bonds. The van der Waals surface area contributed by atoms with Crippen LogP contribution in [0.5, 0.6) is 0 Å². The van der Waals surface area contributed by atoms with E-state index in [9.17, 15) is 0 Å². The minimum absolute atomic E-state index is 1.19. The molecule has 1 heteroatoms. The van der Waals surface area contributed by atoms with E-state index in [0.717, 1.165) is 0 Å². The predicted octanol–water partition coefficient (Wildman–Crippen LogP) is 7.60. The molecule has 1 aromatic heterocycles. The molecule has 6 rings (SSSR count). The van der Waals surface area contributed by atoms with Crippen LogP contribution in [0.1, 0.15) is 0 Å². The van der Waals surface area contributed by atoms with Crippen molar-refractivity contribution in [3.05, 3.63) is 115 Å². The number of hydrogen-bond donors (Lipinski definition) is 0. The van der Waals surface area contributed by atoms with E-state index in [1.807, 2.05) is 0 Å². The first kappa shape index (κ1) is 16.1. The molecule has 0 saturated carbocycles. The van der Waals surface area contributed by atoms with Crippen molar-refractivity contribution in [2.24, 2.45) is 0 Å². The minimum Gasteiger partial charge on any atom is -0.309 e. The van der Waals surface area contributed by atoms with Crippen LogP contribution in [0.3, 0.4) is 0 Å². The fourth-order valence-corrected chi connectivity index (χ4v) is 4.45. The molecule has 0 saturated heterocycles. The molecule has 0 unspecified atom stereocenters. The van der Waals surface area contributed by atoms with Gasteiger partial charge in [0.25, 0.3) is 0 Å². The normalized spacial score (nSPS) is 11.4. The molecule has 0 aliphatic rings. The molecule has 0 spiro atoms. The van der Waals surface area contributed by atoms with Crippen LogP contribution in [0.25, 0.3) is 49.4 Å². The van der Waals surface area contributed by atoms with Gasteiger partial charge in [-0.05, 0) is 46.2 Å². The molecule has 0 N–H and O–H groups in total. The van der Waals surface area contributed by atoms with Crippen LogP contribution < -0.4 is 0 Å². The Hall–Kier alpha value is -3.84. The van der Waals surface area contributed by atoms with E-state index in [2.05, 4.69) is 120 Å². The van der Waals surface area contributed by atoms with E-state index in [1.165, 1.54) is 49.4 Å². The van der Waals surface area contributed by atoms with Crippen LogP contribution in [0.15, 0.2) is 115 Å². The third kappa shape index (κ3) is 2.48. The topological polar surface area (TPSA) is 4.93 Å². The summed E-state index contributed by atoms with van der Waals surface area (Å²) in [7, 11) is 0. The van der Waals surface area contributed by atoms with E-state index < -0.39 is 0 Å². The van der Waals surface area contributed by atoms with Crippen molar-refractivity contribution < 1.29 is 0 Å². The maximum atomic E-state index is 2.39. The predicted molar refractivity (Wildman–Crippen MR) is 124 cm³/mol. The Morgan fingerprint density at radius 3 is 2.00 bits per heavy atom. The molecule has 1 heterocycles. The lowest BCUT2D eigenvalue weighted by Crippen LogP contribution is -1.93. The highest BCUT2D eigenvalue weighted by Crippen LogP contribution is 2.38. The van der Waals surface area contributed by atoms with Crippen molar-refractivity contribution in [2.45, 2.75) is 0 Å². The standard InChI is InChI=1S/C28H19N/c1-3-9-20(10-4-1)22-15-17-25-27(19-22)29(23-12-5-2-6-13-23)26-18-16-21-11-7-8-14-24(21)28(25)26/h1-19H. The second-order valence-corrected chi connectivity index (χ2v) is 7.45. The number of fused-ring (bicyclic) bond motifs is 5. The molecule has 0 fully saturated rings. The Morgan fingerprint density at radius 2 is 1.17 bits per heavy atom. The second-order valence-electron chi connectivity index (χ2n) is 7.45. The van der Waals surface area contributed by atoms with Crippen LogP contribution in [0.4, 0.5) is 0 Å². The first-order valence-electron chi connectivity index (χ1n) is 9.97. The molecule has 0 bridgehead atoms. The zero-order valence-electron chi connectivity index (χ0n) is 15.9. The van der Waals surface area contributed by atoms with Crippen LogP contribution in [0, 0.1) is 0 Å². The zero-order chi connectivity index (χ0) is 19.2. The fourth-order valence-electron chi connectivity index (χ4n) is 4.45. The van der Waals surface area contributed by atoms with Crippen LogP contribution in [-0.4, -0.2) is 4.57 Å². The molecule has 0 atom stereocenters. The van der Waals surface area contributed by atoms with Gasteiger partial charge in [0.2, 0.25) is 0 Å². The first-order valence-corrected chi connectivity index (χ1v) is 9.97. The molecule has 29 heavy (non-hydrogen) atoms. The van der Waals surface area contributed by atoms with Crippen molar-refractivity contribution in [3.8, 4) is 16.8 Å². The van der Waals surface area contributed by atoms with Gasteiger partial charge in [-0.25, -0.2) is 0 Å². The van der Waals surface area contributed by atoms with Gasteiger partial charge in [0.15, 0.2) is 0 Å².